The smallest absolute Gasteiger partial charge is 0.370 e. The molecule has 2 aliphatic rings. The fraction of sp³-hybridized carbons (Fsp3) is 0.526. The molecule has 1 saturated heterocycles. The van der Waals surface area contributed by atoms with Crippen LogP contribution in [-0.2, 0) is 25.3 Å². The van der Waals surface area contributed by atoms with Crippen LogP contribution in [0.4, 0.5) is 24.5 Å². The third-order valence-corrected chi connectivity index (χ3v) is 5.25. The van der Waals surface area contributed by atoms with Gasteiger partial charge in [-0.25, -0.2) is 0 Å². The number of nitrogens with one attached hydrogen (secondary N) is 2. The second kappa shape index (κ2) is 9.00. The summed E-state index contributed by atoms with van der Waals surface area (Å²) in [5, 5.41) is 4.88. The van der Waals surface area contributed by atoms with Crippen molar-refractivity contribution in [1.29, 1.82) is 0 Å². The molecule has 0 aromatic heterocycles. The number of halogens is 3. The Labute approximate surface area is 170 Å². The number of hydrogen-bond acceptors (Lipinski definition) is 5. The van der Waals surface area contributed by atoms with Crippen LogP contribution in [0.2, 0.25) is 0 Å². The Balaban J connectivity index is 1.80. The fourth-order valence-electron chi connectivity index (χ4n) is 3.34. The summed E-state index contributed by atoms with van der Waals surface area (Å²) in [4.78, 5) is 37.2. The minimum Gasteiger partial charge on any atom is -0.370 e. The first-order valence-electron chi connectivity index (χ1n) is 9.59. The second-order valence-corrected chi connectivity index (χ2v) is 7.36. The molecule has 0 spiro atoms. The van der Waals surface area contributed by atoms with Crippen LogP contribution in [0.5, 0.6) is 0 Å². The van der Waals surface area contributed by atoms with E-state index in [4.69, 9.17) is 10.5 Å². The topological polar surface area (TPSA) is 114 Å². The van der Waals surface area contributed by atoms with Crippen molar-refractivity contribution in [3.05, 3.63) is 23.8 Å². The summed E-state index contributed by atoms with van der Waals surface area (Å²) in [7, 11) is 0. The number of primary amides is 1. The van der Waals surface area contributed by atoms with Crippen molar-refractivity contribution in [1.82, 2.24) is 5.32 Å². The molecule has 3 rings (SSSR count). The molecule has 8 nitrogen and oxygen atoms in total. The van der Waals surface area contributed by atoms with E-state index in [2.05, 4.69) is 10.6 Å². The van der Waals surface area contributed by atoms with E-state index in [0.29, 0.717) is 12.5 Å². The van der Waals surface area contributed by atoms with Crippen molar-refractivity contribution >= 4 is 29.1 Å². The molecule has 1 aromatic carbocycles. The lowest BCUT2D eigenvalue weighted by Gasteiger charge is -2.28. The van der Waals surface area contributed by atoms with E-state index in [-0.39, 0.29) is 25.4 Å². The zero-order valence-corrected chi connectivity index (χ0v) is 16.1. The molecule has 164 valence electrons. The van der Waals surface area contributed by atoms with Crippen molar-refractivity contribution in [2.75, 3.05) is 36.5 Å². The van der Waals surface area contributed by atoms with Gasteiger partial charge >= 0.3 is 6.18 Å². The summed E-state index contributed by atoms with van der Waals surface area (Å²) in [5.74, 6) is -2.09. The first kappa shape index (κ1) is 22.0. The molecule has 1 aromatic rings. The number of benzene rings is 1. The Bertz CT molecular complexity index is 826. The van der Waals surface area contributed by atoms with E-state index in [1.807, 2.05) is 0 Å². The maximum Gasteiger partial charge on any atom is 0.418 e. The van der Waals surface area contributed by atoms with Gasteiger partial charge in [-0.1, -0.05) is 6.42 Å². The van der Waals surface area contributed by atoms with Gasteiger partial charge in [-0.2, -0.15) is 13.2 Å². The third kappa shape index (κ3) is 5.08. The van der Waals surface area contributed by atoms with Gasteiger partial charge in [-0.05, 0) is 43.5 Å². The maximum absolute atomic E-state index is 13.6. The van der Waals surface area contributed by atoms with Crippen molar-refractivity contribution in [2.24, 2.45) is 11.7 Å². The summed E-state index contributed by atoms with van der Waals surface area (Å²) in [5.41, 5.74) is 3.65. The van der Waals surface area contributed by atoms with Crippen LogP contribution in [0.25, 0.3) is 0 Å². The maximum atomic E-state index is 13.6. The molecular weight excluding hydrogens is 405 g/mol. The van der Waals surface area contributed by atoms with Crippen LogP contribution in [-0.4, -0.2) is 50.1 Å². The number of nitrogens with two attached hydrogens (primary N) is 1. The van der Waals surface area contributed by atoms with Crippen molar-refractivity contribution < 1.29 is 32.3 Å². The van der Waals surface area contributed by atoms with Crippen LogP contribution in [0.3, 0.4) is 0 Å². The molecule has 2 fully saturated rings. The predicted octanol–water partition coefficient (Wildman–Crippen LogP) is 1.25. The first-order chi connectivity index (χ1) is 14.2. The molecule has 3 amide bonds. The highest BCUT2D eigenvalue weighted by atomic mass is 19.4. The molecule has 1 heterocycles. The molecule has 1 atom stereocenters. The average molecular weight is 428 g/mol. The Hall–Kier alpha value is -2.66. The van der Waals surface area contributed by atoms with Crippen molar-refractivity contribution in [3.8, 4) is 0 Å². The van der Waals surface area contributed by atoms with Gasteiger partial charge < -0.3 is 20.7 Å². The van der Waals surface area contributed by atoms with Gasteiger partial charge in [0.15, 0.2) is 6.04 Å². The van der Waals surface area contributed by atoms with Crippen LogP contribution in [0, 0.1) is 5.92 Å². The average Bonchev–Trinajstić information content (AvgIpc) is 2.63. The largest absolute Gasteiger partial charge is 0.418 e. The monoisotopic (exact) mass is 428 g/mol. The molecule has 0 radical (unpaired) electrons. The highest BCUT2D eigenvalue weighted by molar-refractivity contribution is 6.10. The molecule has 4 N–H and O–H groups in total. The second-order valence-electron chi connectivity index (χ2n) is 7.36. The number of carbonyl (C=O) groups is 3. The SMILES string of the molecule is NC(=O)[C@@H](NCC1CCC1)C(=O)Nc1ccc(N2CCOCC2=O)cc1C(F)(F)F. The molecule has 1 saturated carbocycles. The van der Waals surface area contributed by atoms with E-state index in [1.54, 1.807) is 0 Å². The van der Waals surface area contributed by atoms with Gasteiger partial charge in [0, 0.05) is 12.2 Å². The number of anilines is 2. The van der Waals surface area contributed by atoms with Crippen LogP contribution >= 0.6 is 0 Å². The Morgan fingerprint density at radius 2 is 2.03 bits per heavy atom. The molecule has 0 bridgehead atoms. The number of morpholine rings is 1. The zero-order valence-electron chi connectivity index (χ0n) is 16.1. The number of carbonyl (C=O) groups excluding carboxylic acids is 3. The standard InChI is InChI=1S/C19H23F3N4O4/c20-19(21,22)13-8-12(26-6-7-30-10-15(26)27)4-5-14(13)25-18(29)16(17(23)28)24-9-11-2-1-3-11/h4-5,8,11,16,24H,1-3,6-7,9-10H2,(H2,23,28)(H,25,29)/t16-/m1/s1. The summed E-state index contributed by atoms with van der Waals surface area (Å²) >= 11 is 0. The Kier molecular flexibility index (Phi) is 6.61. The van der Waals surface area contributed by atoms with Crippen molar-refractivity contribution in [2.45, 2.75) is 31.5 Å². The lowest BCUT2D eigenvalue weighted by atomic mass is 9.85. The lowest BCUT2D eigenvalue weighted by molar-refractivity contribution is -0.137. The minimum atomic E-state index is -4.80. The van der Waals surface area contributed by atoms with Crippen LogP contribution in [0.1, 0.15) is 24.8 Å². The van der Waals surface area contributed by atoms with Gasteiger partial charge in [0.2, 0.25) is 5.91 Å². The summed E-state index contributed by atoms with van der Waals surface area (Å²) < 4.78 is 45.9. The number of alkyl halides is 3. The van der Waals surface area contributed by atoms with E-state index in [9.17, 15) is 27.6 Å². The fourth-order valence-corrected chi connectivity index (χ4v) is 3.34. The summed E-state index contributed by atoms with van der Waals surface area (Å²) in [6, 6.07) is 1.70. The normalized spacial score (nSPS) is 18.6. The highest BCUT2D eigenvalue weighted by Crippen LogP contribution is 2.37. The molecule has 0 unspecified atom stereocenters. The van der Waals surface area contributed by atoms with E-state index < -0.39 is 41.2 Å². The first-order valence-corrected chi connectivity index (χ1v) is 9.59. The molecule has 30 heavy (non-hydrogen) atoms. The van der Waals surface area contributed by atoms with Gasteiger partial charge in [0.25, 0.3) is 11.8 Å². The van der Waals surface area contributed by atoms with Gasteiger partial charge in [-0.3, -0.25) is 19.7 Å². The zero-order chi connectivity index (χ0) is 21.9. The number of ether oxygens (including phenoxy) is 1. The number of hydrogen-bond donors (Lipinski definition) is 3. The summed E-state index contributed by atoms with van der Waals surface area (Å²) in [6.45, 7) is 0.493. The molecule has 1 aliphatic heterocycles. The van der Waals surface area contributed by atoms with E-state index in [1.165, 1.54) is 11.0 Å². The van der Waals surface area contributed by atoms with Crippen LogP contribution < -0.4 is 21.3 Å². The van der Waals surface area contributed by atoms with E-state index >= 15 is 0 Å². The Morgan fingerprint density at radius 3 is 2.60 bits per heavy atom. The molecule has 1 aliphatic carbocycles. The molecular formula is C19H23F3N4O4. The predicted molar refractivity (Wildman–Crippen MR) is 102 cm³/mol. The molecule has 11 heteroatoms. The van der Waals surface area contributed by atoms with Crippen LogP contribution in [0.15, 0.2) is 18.2 Å². The van der Waals surface area contributed by atoms with Gasteiger partial charge in [-0.15, -0.1) is 0 Å². The third-order valence-electron chi connectivity index (χ3n) is 5.25. The minimum absolute atomic E-state index is 0.0446. The van der Waals surface area contributed by atoms with Crippen molar-refractivity contribution in [3.63, 3.8) is 0 Å². The number of rotatable bonds is 7. The van der Waals surface area contributed by atoms with Gasteiger partial charge in [0.05, 0.1) is 17.9 Å². The highest BCUT2D eigenvalue weighted by Gasteiger charge is 2.36. The summed E-state index contributed by atoms with van der Waals surface area (Å²) in [6.07, 6.45) is -1.82. The Morgan fingerprint density at radius 1 is 1.30 bits per heavy atom. The van der Waals surface area contributed by atoms with E-state index in [0.717, 1.165) is 31.4 Å². The quantitative estimate of drug-likeness (QED) is 0.566. The lowest BCUT2D eigenvalue weighted by Crippen LogP contribution is -2.51. The van der Waals surface area contributed by atoms with Gasteiger partial charge in [0.1, 0.15) is 6.61 Å². The number of nitrogens with zero attached hydrogens (tertiary/aromatic N) is 1. The number of amides is 3.